The van der Waals surface area contributed by atoms with Gasteiger partial charge in [0.1, 0.15) is 5.75 Å². The number of aryl methyl sites for hydroxylation is 1. The number of likely N-dealkylation sites (tertiary alicyclic amines) is 1. The van der Waals surface area contributed by atoms with Crippen molar-refractivity contribution in [2.75, 3.05) is 19.7 Å². The fraction of sp³-hybridized carbons (Fsp3) is 0.385. The molecular formula is C13H14ClNO4. The van der Waals surface area contributed by atoms with E-state index < -0.39 is 11.9 Å². The Kier molecular flexibility index (Phi) is 3.95. The van der Waals surface area contributed by atoms with Gasteiger partial charge < -0.3 is 14.7 Å². The highest BCUT2D eigenvalue weighted by molar-refractivity contribution is 6.30. The first-order valence-electron chi connectivity index (χ1n) is 5.87. The van der Waals surface area contributed by atoms with E-state index in [0.29, 0.717) is 10.8 Å². The lowest BCUT2D eigenvalue weighted by Crippen LogP contribution is -2.54. The molecule has 0 atom stereocenters. The average Bonchev–Trinajstić information content (AvgIpc) is 2.25. The fourth-order valence-corrected chi connectivity index (χ4v) is 2.07. The summed E-state index contributed by atoms with van der Waals surface area (Å²) in [5, 5.41) is 9.34. The van der Waals surface area contributed by atoms with Gasteiger partial charge in [0.2, 0.25) is 0 Å². The molecule has 1 aliphatic heterocycles. The highest BCUT2D eigenvalue weighted by Gasteiger charge is 2.35. The number of hydrogen-bond acceptors (Lipinski definition) is 3. The lowest BCUT2D eigenvalue weighted by atomic mass is 10.0. The molecule has 6 heteroatoms. The zero-order valence-electron chi connectivity index (χ0n) is 10.4. The van der Waals surface area contributed by atoms with Crippen molar-refractivity contribution in [3.05, 3.63) is 28.8 Å². The van der Waals surface area contributed by atoms with Crippen LogP contribution in [0.5, 0.6) is 5.75 Å². The van der Waals surface area contributed by atoms with Crippen molar-refractivity contribution in [3.8, 4) is 5.75 Å². The Hall–Kier alpha value is -1.75. The fourth-order valence-electron chi connectivity index (χ4n) is 1.84. The molecule has 0 aliphatic carbocycles. The smallest absolute Gasteiger partial charge is 0.310 e. The monoisotopic (exact) mass is 283 g/mol. The number of benzene rings is 1. The van der Waals surface area contributed by atoms with Crippen LogP contribution in [0.2, 0.25) is 5.02 Å². The van der Waals surface area contributed by atoms with Crippen LogP contribution in [0, 0.1) is 12.8 Å². The van der Waals surface area contributed by atoms with Gasteiger partial charge in [-0.05, 0) is 30.7 Å². The number of nitrogens with zero attached hydrogens (tertiary/aromatic N) is 1. The minimum atomic E-state index is -0.862. The summed E-state index contributed by atoms with van der Waals surface area (Å²) in [7, 11) is 0. The molecule has 0 aromatic heterocycles. The van der Waals surface area contributed by atoms with Crippen molar-refractivity contribution in [1.29, 1.82) is 0 Å². The normalized spacial score (nSPS) is 14.9. The quantitative estimate of drug-likeness (QED) is 0.911. The van der Waals surface area contributed by atoms with Crippen molar-refractivity contribution in [3.63, 3.8) is 0 Å². The van der Waals surface area contributed by atoms with Gasteiger partial charge in [0.25, 0.3) is 5.91 Å². The van der Waals surface area contributed by atoms with Crippen LogP contribution in [0.15, 0.2) is 18.2 Å². The number of carboxylic acids is 1. The third-order valence-corrected chi connectivity index (χ3v) is 3.31. The molecule has 1 saturated heterocycles. The molecule has 2 rings (SSSR count). The summed E-state index contributed by atoms with van der Waals surface area (Å²) in [6.45, 7) is 2.28. The first-order valence-corrected chi connectivity index (χ1v) is 6.24. The molecule has 1 aromatic carbocycles. The second-order valence-corrected chi connectivity index (χ2v) is 4.97. The lowest BCUT2D eigenvalue weighted by molar-refractivity contribution is -0.153. The van der Waals surface area contributed by atoms with Gasteiger partial charge in [-0.15, -0.1) is 0 Å². The van der Waals surface area contributed by atoms with Crippen LogP contribution in [0.1, 0.15) is 5.56 Å². The standard InChI is InChI=1S/C13H14ClNO4/c1-8-4-10(14)2-3-11(8)19-7-12(16)15-5-9(6-15)13(17)18/h2-4,9H,5-7H2,1H3,(H,17,18). The number of ether oxygens (including phenoxy) is 1. The number of carbonyl (C=O) groups excluding carboxylic acids is 1. The summed E-state index contributed by atoms with van der Waals surface area (Å²) in [5.74, 6) is -0.903. The molecule has 1 aromatic rings. The predicted molar refractivity (Wildman–Crippen MR) is 69.4 cm³/mol. The first-order chi connectivity index (χ1) is 8.97. The Morgan fingerprint density at radius 1 is 1.47 bits per heavy atom. The molecule has 0 saturated carbocycles. The summed E-state index contributed by atoms with van der Waals surface area (Å²) >= 11 is 5.82. The molecule has 19 heavy (non-hydrogen) atoms. The van der Waals surface area contributed by atoms with Gasteiger partial charge in [-0.3, -0.25) is 9.59 Å². The topological polar surface area (TPSA) is 66.8 Å². The molecule has 0 spiro atoms. The lowest BCUT2D eigenvalue weighted by Gasteiger charge is -2.36. The summed E-state index contributed by atoms with van der Waals surface area (Å²) in [4.78, 5) is 23.8. The van der Waals surface area contributed by atoms with Crippen LogP contribution in [-0.2, 0) is 9.59 Å². The molecule has 1 aliphatic rings. The molecule has 0 bridgehead atoms. The van der Waals surface area contributed by atoms with E-state index in [1.54, 1.807) is 18.2 Å². The van der Waals surface area contributed by atoms with E-state index >= 15 is 0 Å². The average molecular weight is 284 g/mol. The Morgan fingerprint density at radius 3 is 2.74 bits per heavy atom. The molecule has 1 N–H and O–H groups in total. The highest BCUT2D eigenvalue weighted by Crippen LogP contribution is 2.22. The van der Waals surface area contributed by atoms with Crippen molar-refractivity contribution in [2.45, 2.75) is 6.92 Å². The number of rotatable bonds is 4. The number of halogens is 1. The van der Waals surface area contributed by atoms with Crippen LogP contribution in [0.25, 0.3) is 0 Å². The zero-order chi connectivity index (χ0) is 14.0. The summed E-state index contributed by atoms with van der Waals surface area (Å²) in [5.41, 5.74) is 0.854. The van der Waals surface area contributed by atoms with Crippen molar-refractivity contribution < 1.29 is 19.4 Å². The van der Waals surface area contributed by atoms with E-state index in [1.165, 1.54) is 4.90 Å². The van der Waals surface area contributed by atoms with Crippen LogP contribution in [-0.4, -0.2) is 41.6 Å². The van der Waals surface area contributed by atoms with Gasteiger partial charge in [-0.1, -0.05) is 11.6 Å². The van der Waals surface area contributed by atoms with E-state index in [2.05, 4.69) is 0 Å². The minimum absolute atomic E-state index is 0.0885. The third-order valence-electron chi connectivity index (χ3n) is 3.07. The number of amides is 1. The molecule has 5 nitrogen and oxygen atoms in total. The Bertz CT molecular complexity index is 511. The minimum Gasteiger partial charge on any atom is -0.483 e. The van der Waals surface area contributed by atoms with Gasteiger partial charge in [0.05, 0.1) is 5.92 Å². The van der Waals surface area contributed by atoms with Crippen LogP contribution in [0.4, 0.5) is 0 Å². The van der Waals surface area contributed by atoms with E-state index in [0.717, 1.165) is 5.56 Å². The van der Waals surface area contributed by atoms with E-state index in [4.69, 9.17) is 21.4 Å². The predicted octanol–water partition coefficient (Wildman–Crippen LogP) is 1.57. The first kappa shape index (κ1) is 13.7. The Morgan fingerprint density at radius 2 is 2.16 bits per heavy atom. The SMILES string of the molecule is Cc1cc(Cl)ccc1OCC(=O)N1CC(C(=O)O)C1. The van der Waals surface area contributed by atoms with Crippen molar-refractivity contribution in [2.24, 2.45) is 5.92 Å². The number of carbonyl (C=O) groups is 2. The maximum absolute atomic E-state index is 11.7. The second kappa shape index (κ2) is 5.48. The number of carboxylic acid groups (broad SMARTS) is 1. The molecule has 1 heterocycles. The Labute approximate surface area is 115 Å². The largest absolute Gasteiger partial charge is 0.483 e. The third kappa shape index (κ3) is 3.17. The summed E-state index contributed by atoms with van der Waals surface area (Å²) in [6.07, 6.45) is 0. The van der Waals surface area contributed by atoms with Gasteiger partial charge in [0, 0.05) is 18.1 Å². The van der Waals surface area contributed by atoms with Crippen LogP contribution >= 0.6 is 11.6 Å². The molecule has 0 unspecified atom stereocenters. The van der Waals surface area contributed by atoms with Crippen molar-refractivity contribution >= 4 is 23.5 Å². The molecule has 0 radical (unpaired) electrons. The van der Waals surface area contributed by atoms with Gasteiger partial charge >= 0.3 is 5.97 Å². The van der Waals surface area contributed by atoms with Crippen LogP contribution < -0.4 is 4.74 Å². The molecule has 1 fully saturated rings. The maximum atomic E-state index is 11.7. The Balaban J connectivity index is 1.83. The van der Waals surface area contributed by atoms with Gasteiger partial charge in [-0.2, -0.15) is 0 Å². The molecule has 102 valence electrons. The zero-order valence-corrected chi connectivity index (χ0v) is 11.2. The number of aliphatic carboxylic acids is 1. The van der Waals surface area contributed by atoms with Crippen LogP contribution in [0.3, 0.4) is 0 Å². The van der Waals surface area contributed by atoms with Gasteiger partial charge in [-0.25, -0.2) is 0 Å². The summed E-state index contributed by atoms with van der Waals surface area (Å²) < 4.78 is 5.41. The molecular weight excluding hydrogens is 270 g/mol. The van der Waals surface area contributed by atoms with E-state index in [-0.39, 0.29) is 25.6 Å². The van der Waals surface area contributed by atoms with E-state index in [9.17, 15) is 9.59 Å². The highest BCUT2D eigenvalue weighted by atomic mass is 35.5. The second-order valence-electron chi connectivity index (χ2n) is 4.53. The number of hydrogen-bond donors (Lipinski definition) is 1. The maximum Gasteiger partial charge on any atom is 0.310 e. The molecule has 1 amide bonds. The summed E-state index contributed by atoms with van der Waals surface area (Å²) in [6, 6.07) is 5.16. The van der Waals surface area contributed by atoms with Crippen molar-refractivity contribution in [1.82, 2.24) is 4.90 Å². The van der Waals surface area contributed by atoms with Gasteiger partial charge in [0.15, 0.2) is 6.61 Å². The van der Waals surface area contributed by atoms with E-state index in [1.807, 2.05) is 6.92 Å².